The predicted octanol–water partition coefficient (Wildman–Crippen LogP) is 3.87. The van der Waals surface area contributed by atoms with Gasteiger partial charge in [0.05, 0.1) is 0 Å². The van der Waals surface area contributed by atoms with Crippen LogP contribution in [0.3, 0.4) is 0 Å². The SMILES string of the molecule is O=C(Nc1ncc(Cc2c(Cl)cccc2Cl)s1)C1=COCCO1. The van der Waals surface area contributed by atoms with E-state index >= 15 is 0 Å². The molecule has 0 saturated heterocycles. The van der Waals surface area contributed by atoms with Crippen molar-refractivity contribution in [2.45, 2.75) is 6.42 Å². The maximum Gasteiger partial charge on any atom is 0.295 e. The summed E-state index contributed by atoms with van der Waals surface area (Å²) in [5.41, 5.74) is 0.837. The highest BCUT2D eigenvalue weighted by atomic mass is 35.5. The van der Waals surface area contributed by atoms with E-state index in [0.717, 1.165) is 10.4 Å². The molecule has 23 heavy (non-hydrogen) atoms. The van der Waals surface area contributed by atoms with Crippen LogP contribution in [0, 0.1) is 0 Å². The normalized spacial score (nSPS) is 13.7. The highest BCUT2D eigenvalue weighted by Crippen LogP contribution is 2.29. The summed E-state index contributed by atoms with van der Waals surface area (Å²) in [6.45, 7) is 0.796. The number of anilines is 1. The van der Waals surface area contributed by atoms with Crippen molar-refractivity contribution in [1.29, 1.82) is 0 Å². The lowest BCUT2D eigenvalue weighted by molar-refractivity contribution is -0.117. The molecule has 8 heteroatoms. The number of carbonyl (C=O) groups is 1. The molecule has 1 amide bonds. The Balaban J connectivity index is 1.68. The van der Waals surface area contributed by atoms with Crippen molar-refractivity contribution < 1.29 is 14.3 Å². The molecule has 1 aliphatic heterocycles. The molecule has 0 fully saturated rings. The van der Waals surface area contributed by atoms with Gasteiger partial charge < -0.3 is 9.47 Å². The second-order valence-corrected chi connectivity index (χ2v) is 6.59. The number of ether oxygens (including phenoxy) is 2. The Morgan fingerprint density at radius 3 is 2.78 bits per heavy atom. The summed E-state index contributed by atoms with van der Waals surface area (Å²) in [6, 6.07) is 5.38. The van der Waals surface area contributed by atoms with E-state index in [-0.39, 0.29) is 11.7 Å². The lowest BCUT2D eigenvalue weighted by atomic mass is 10.1. The zero-order valence-electron chi connectivity index (χ0n) is 11.8. The minimum Gasteiger partial charge on any atom is -0.494 e. The fourth-order valence-corrected chi connectivity index (χ4v) is 3.32. The molecule has 1 aromatic heterocycles. The molecule has 0 bridgehead atoms. The van der Waals surface area contributed by atoms with E-state index in [0.29, 0.717) is 34.8 Å². The van der Waals surface area contributed by atoms with Gasteiger partial charge in [-0.05, 0) is 17.7 Å². The largest absolute Gasteiger partial charge is 0.494 e. The van der Waals surface area contributed by atoms with Crippen LogP contribution in [0.1, 0.15) is 10.4 Å². The van der Waals surface area contributed by atoms with E-state index in [4.69, 9.17) is 32.7 Å². The molecule has 0 spiro atoms. The van der Waals surface area contributed by atoms with E-state index in [1.807, 2.05) is 0 Å². The highest BCUT2D eigenvalue weighted by Gasteiger charge is 2.17. The van der Waals surface area contributed by atoms with Crippen LogP contribution in [-0.2, 0) is 20.7 Å². The van der Waals surface area contributed by atoms with Crippen LogP contribution in [0.15, 0.2) is 36.4 Å². The van der Waals surface area contributed by atoms with Crippen molar-refractivity contribution in [2.75, 3.05) is 18.5 Å². The molecule has 2 heterocycles. The van der Waals surface area contributed by atoms with Gasteiger partial charge in [0.1, 0.15) is 19.5 Å². The van der Waals surface area contributed by atoms with E-state index < -0.39 is 0 Å². The number of nitrogens with one attached hydrogen (secondary N) is 1. The summed E-state index contributed by atoms with van der Waals surface area (Å²) in [5.74, 6) is -0.247. The van der Waals surface area contributed by atoms with Crippen molar-refractivity contribution >= 4 is 45.6 Å². The van der Waals surface area contributed by atoms with Crippen LogP contribution >= 0.6 is 34.5 Å². The smallest absolute Gasteiger partial charge is 0.295 e. The Kier molecular flexibility index (Phi) is 5.05. The average molecular weight is 371 g/mol. The molecule has 5 nitrogen and oxygen atoms in total. The first kappa shape index (κ1) is 16.1. The second kappa shape index (κ2) is 7.21. The second-order valence-electron chi connectivity index (χ2n) is 4.66. The van der Waals surface area contributed by atoms with E-state index in [1.165, 1.54) is 17.6 Å². The van der Waals surface area contributed by atoms with Crippen molar-refractivity contribution in [3.05, 3.63) is 56.9 Å². The van der Waals surface area contributed by atoms with Gasteiger partial charge in [-0.15, -0.1) is 11.3 Å². The van der Waals surface area contributed by atoms with Crippen LogP contribution in [0.2, 0.25) is 10.0 Å². The summed E-state index contributed by atoms with van der Waals surface area (Å²) >= 11 is 13.7. The van der Waals surface area contributed by atoms with Gasteiger partial charge in [-0.25, -0.2) is 4.98 Å². The highest BCUT2D eigenvalue weighted by molar-refractivity contribution is 7.15. The molecule has 0 atom stereocenters. The number of amides is 1. The number of hydrogen-bond donors (Lipinski definition) is 1. The van der Waals surface area contributed by atoms with Crippen molar-refractivity contribution in [3.8, 4) is 0 Å². The van der Waals surface area contributed by atoms with Crippen LogP contribution in [-0.4, -0.2) is 24.1 Å². The zero-order valence-corrected chi connectivity index (χ0v) is 14.2. The zero-order chi connectivity index (χ0) is 16.2. The predicted molar refractivity (Wildman–Crippen MR) is 90.0 cm³/mol. The molecule has 3 rings (SSSR count). The number of aromatic nitrogens is 1. The lowest BCUT2D eigenvalue weighted by Crippen LogP contribution is -2.20. The standard InChI is InChI=1S/C15H12Cl2N2O3S/c16-11-2-1-3-12(17)10(11)6-9-7-18-15(23-9)19-14(20)13-8-21-4-5-22-13/h1-3,7-8H,4-6H2,(H,18,19,20). The van der Waals surface area contributed by atoms with Gasteiger partial charge in [-0.1, -0.05) is 29.3 Å². The van der Waals surface area contributed by atoms with E-state index in [1.54, 1.807) is 24.4 Å². The molecular formula is C15H12Cl2N2O3S. The first-order valence-corrected chi connectivity index (χ1v) is 8.34. The molecule has 2 aromatic rings. The first-order chi connectivity index (χ1) is 11.1. The number of halogens is 2. The van der Waals surface area contributed by atoms with Crippen LogP contribution in [0.25, 0.3) is 0 Å². The number of benzene rings is 1. The van der Waals surface area contributed by atoms with Crippen molar-refractivity contribution in [1.82, 2.24) is 4.98 Å². The summed E-state index contributed by atoms with van der Waals surface area (Å²) in [5, 5.41) is 4.36. The third-order valence-corrected chi connectivity index (χ3v) is 4.68. The molecule has 1 aromatic carbocycles. The van der Waals surface area contributed by atoms with Gasteiger partial charge in [-0.3, -0.25) is 10.1 Å². The Labute approximate surface area is 146 Å². The minimum absolute atomic E-state index is 0.141. The monoisotopic (exact) mass is 370 g/mol. The molecule has 1 N–H and O–H groups in total. The summed E-state index contributed by atoms with van der Waals surface area (Å²) < 4.78 is 10.3. The average Bonchev–Trinajstić information content (AvgIpc) is 2.99. The number of nitrogens with zero attached hydrogens (tertiary/aromatic N) is 1. The number of carbonyl (C=O) groups excluding carboxylic acids is 1. The molecule has 120 valence electrons. The van der Waals surface area contributed by atoms with Crippen molar-refractivity contribution in [3.63, 3.8) is 0 Å². The number of rotatable bonds is 4. The quantitative estimate of drug-likeness (QED) is 0.887. The van der Waals surface area contributed by atoms with Crippen LogP contribution in [0.4, 0.5) is 5.13 Å². The molecule has 0 radical (unpaired) electrons. The molecule has 0 aliphatic carbocycles. The fourth-order valence-electron chi connectivity index (χ4n) is 1.97. The summed E-state index contributed by atoms with van der Waals surface area (Å²) in [4.78, 5) is 17.1. The first-order valence-electron chi connectivity index (χ1n) is 6.77. The van der Waals surface area contributed by atoms with E-state index in [9.17, 15) is 4.79 Å². The van der Waals surface area contributed by atoms with Gasteiger partial charge in [0.15, 0.2) is 5.13 Å². The van der Waals surface area contributed by atoms with Gasteiger partial charge in [-0.2, -0.15) is 0 Å². The van der Waals surface area contributed by atoms with Crippen LogP contribution in [0.5, 0.6) is 0 Å². The maximum atomic E-state index is 12.0. The van der Waals surface area contributed by atoms with Gasteiger partial charge in [0.2, 0.25) is 5.76 Å². The summed E-state index contributed by atoms with van der Waals surface area (Å²) in [7, 11) is 0. The van der Waals surface area contributed by atoms with Crippen LogP contribution < -0.4 is 5.32 Å². The molecule has 0 saturated carbocycles. The molecular weight excluding hydrogens is 359 g/mol. The Bertz CT molecular complexity index is 741. The van der Waals surface area contributed by atoms with Crippen molar-refractivity contribution in [2.24, 2.45) is 0 Å². The third-order valence-electron chi connectivity index (χ3n) is 3.06. The number of thiazole rings is 1. The fraction of sp³-hybridized carbons (Fsp3) is 0.200. The Morgan fingerprint density at radius 1 is 1.30 bits per heavy atom. The topological polar surface area (TPSA) is 60.5 Å². The Morgan fingerprint density at radius 2 is 2.09 bits per heavy atom. The lowest BCUT2D eigenvalue weighted by Gasteiger charge is -2.14. The maximum absolute atomic E-state index is 12.0. The molecule has 1 aliphatic rings. The third kappa shape index (κ3) is 3.96. The summed E-state index contributed by atoms with van der Waals surface area (Å²) in [6.07, 6.45) is 3.54. The number of hydrogen-bond acceptors (Lipinski definition) is 5. The molecule has 0 unspecified atom stereocenters. The Hall–Kier alpha value is -1.76. The van der Waals surface area contributed by atoms with E-state index in [2.05, 4.69) is 10.3 Å². The van der Waals surface area contributed by atoms with Gasteiger partial charge in [0, 0.05) is 27.5 Å². The minimum atomic E-state index is -0.388. The van der Waals surface area contributed by atoms with Gasteiger partial charge >= 0.3 is 0 Å². The van der Waals surface area contributed by atoms with Gasteiger partial charge in [0.25, 0.3) is 5.91 Å².